The van der Waals surface area contributed by atoms with E-state index in [1.165, 1.54) is 0 Å². The van der Waals surface area contributed by atoms with Gasteiger partial charge >= 0.3 is 5.97 Å². The molecule has 0 amide bonds. The number of hydrogen-bond acceptors (Lipinski definition) is 4. The Hall–Kier alpha value is -2.56. The Bertz CT molecular complexity index is 757. The van der Waals surface area contributed by atoms with Crippen molar-refractivity contribution >= 4 is 22.6 Å². The van der Waals surface area contributed by atoms with E-state index in [9.17, 15) is 10.0 Å². The molecule has 1 heterocycles. The summed E-state index contributed by atoms with van der Waals surface area (Å²) in [6, 6.07) is 7.83. The molecule has 0 aliphatic heterocycles. The minimum atomic E-state index is -0.609. The lowest BCUT2D eigenvalue weighted by atomic mass is 9.85. The molecule has 0 radical (unpaired) electrons. The van der Waals surface area contributed by atoms with Gasteiger partial charge in [0, 0.05) is 28.4 Å². The Morgan fingerprint density at radius 3 is 2.74 bits per heavy atom. The summed E-state index contributed by atoms with van der Waals surface area (Å²) in [5.74, 6) is -0.609. The molecule has 0 saturated carbocycles. The molecule has 5 heteroatoms. The van der Waals surface area contributed by atoms with E-state index < -0.39 is 5.97 Å². The summed E-state index contributed by atoms with van der Waals surface area (Å²) >= 11 is 0. The molecule has 122 valence electrons. The van der Waals surface area contributed by atoms with Gasteiger partial charge in [-0.1, -0.05) is 43.3 Å². The summed E-state index contributed by atoms with van der Waals surface area (Å²) in [4.78, 5) is 15.3. The zero-order chi connectivity index (χ0) is 17.0. The molecule has 0 unspecified atom stereocenters. The average molecular weight is 314 g/mol. The van der Waals surface area contributed by atoms with Gasteiger partial charge in [-0.15, -0.1) is 6.58 Å². The number of hydrogen-bond donors (Lipinski definition) is 2. The molecule has 5 nitrogen and oxygen atoms in total. The van der Waals surface area contributed by atoms with Crippen molar-refractivity contribution in [2.45, 2.75) is 32.6 Å². The number of benzene rings is 1. The van der Waals surface area contributed by atoms with E-state index in [4.69, 9.17) is 4.74 Å². The third-order valence-corrected chi connectivity index (χ3v) is 3.94. The van der Waals surface area contributed by atoms with Crippen LogP contribution < -0.4 is 0 Å². The van der Waals surface area contributed by atoms with Crippen molar-refractivity contribution in [3.05, 3.63) is 48.2 Å². The number of oxime groups is 1. The van der Waals surface area contributed by atoms with E-state index in [0.29, 0.717) is 0 Å². The summed E-state index contributed by atoms with van der Waals surface area (Å²) in [5, 5.41) is 13.3. The van der Waals surface area contributed by atoms with Crippen molar-refractivity contribution in [2.24, 2.45) is 5.16 Å². The van der Waals surface area contributed by atoms with Crippen LogP contribution in [0.3, 0.4) is 0 Å². The second-order valence-electron chi connectivity index (χ2n) is 5.89. The molecule has 1 aromatic heterocycles. The molecule has 1 aromatic carbocycles. The Labute approximate surface area is 135 Å². The van der Waals surface area contributed by atoms with Crippen molar-refractivity contribution in [3.8, 4) is 0 Å². The molecule has 0 atom stereocenters. The highest BCUT2D eigenvalue weighted by Gasteiger charge is 2.26. The van der Waals surface area contributed by atoms with Crippen LogP contribution in [-0.2, 0) is 21.4 Å². The number of aromatic nitrogens is 1. The van der Waals surface area contributed by atoms with Gasteiger partial charge in [0.1, 0.15) is 0 Å². The molecule has 23 heavy (non-hydrogen) atoms. The maximum Gasteiger partial charge on any atom is 0.356 e. The third kappa shape index (κ3) is 3.28. The van der Waals surface area contributed by atoms with Crippen molar-refractivity contribution in [1.29, 1.82) is 0 Å². The third-order valence-electron chi connectivity index (χ3n) is 3.94. The highest BCUT2D eigenvalue weighted by atomic mass is 16.5. The molecule has 2 N–H and O–H groups in total. The molecule has 2 aromatic rings. The minimum Gasteiger partial charge on any atom is -0.461 e. The number of para-hydroxylation sites is 1. The zero-order valence-corrected chi connectivity index (χ0v) is 13.7. The summed E-state index contributed by atoms with van der Waals surface area (Å²) in [5.41, 5.74) is 2.49. The first-order chi connectivity index (χ1) is 10.9. The smallest absolute Gasteiger partial charge is 0.356 e. The number of nitrogens with zero attached hydrogens (tertiary/aromatic N) is 1. The second-order valence-corrected chi connectivity index (χ2v) is 5.89. The minimum absolute atomic E-state index is 0.0160. The van der Waals surface area contributed by atoms with Crippen LogP contribution in [0.25, 0.3) is 10.9 Å². The number of esters is 1. The van der Waals surface area contributed by atoms with E-state index in [1.54, 1.807) is 6.92 Å². The molecule has 0 fully saturated rings. The van der Waals surface area contributed by atoms with Crippen molar-refractivity contribution in [3.63, 3.8) is 0 Å². The van der Waals surface area contributed by atoms with Gasteiger partial charge in [0.25, 0.3) is 0 Å². The van der Waals surface area contributed by atoms with E-state index in [0.717, 1.165) is 22.2 Å². The molecule has 0 saturated heterocycles. The number of carbonyl (C=O) groups is 1. The van der Waals surface area contributed by atoms with Crippen molar-refractivity contribution < 1.29 is 14.7 Å². The Kier molecular flexibility index (Phi) is 4.89. The predicted octanol–water partition coefficient (Wildman–Crippen LogP) is 3.57. The molecular formula is C18H22N2O3. The van der Waals surface area contributed by atoms with Crippen LogP contribution in [0.2, 0.25) is 0 Å². The molecule has 0 aliphatic carbocycles. The summed E-state index contributed by atoms with van der Waals surface area (Å²) in [6.07, 6.45) is 2.04. The van der Waals surface area contributed by atoms with Crippen LogP contribution in [0.1, 0.15) is 32.0 Å². The van der Waals surface area contributed by atoms with Crippen LogP contribution in [0.5, 0.6) is 0 Å². The Balaban J connectivity index is 2.56. The fraction of sp³-hybridized carbons (Fsp3) is 0.333. The van der Waals surface area contributed by atoms with Gasteiger partial charge in [0.05, 0.1) is 6.61 Å². The quantitative estimate of drug-likeness (QED) is 0.281. The lowest BCUT2D eigenvalue weighted by Gasteiger charge is -2.21. The SMILES string of the molecule is C=CC(C)(C)c1[nH]c2ccccc2c1C/C(=N\O)C(=O)OCC. The van der Waals surface area contributed by atoms with Gasteiger partial charge in [0.15, 0.2) is 5.71 Å². The molecule has 0 bridgehead atoms. The summed E-state index contributed by atoms with van der Waals surface area (Å²) in [7, 11) is 0. The van der Waals surface area contributed by atoms with Crippen molar-refractivity contribution in [1.82, 2.24) is 4.98 Å². The monoisotopic (exact) mass is 314 g/mol. The van der Waals surface area contributed by atoms with Crippen LogP contribution >= 0.6 is 0 Å². The Morgan fingerprint density at radius 2 is 2.13 bits per heavy atom. The fourth-order valence-electron chi connectivity index (χ4n) is 2.57. The number of aromatic amines is 1. The lowest BCUT2D eigenvalue weighted by molar-refractivity contribution is -0.135. The highest BCUT2D eigenvalue weighted by molar-refractivity contribution is 6.37. The van der Waals surface area contributed by atoms with E-state index in [2.05, 4.69) is 16.7 Å². The fourth-order valence-corrected chi connectivity index (χ4v) is 2.57. The summed E-state index contributed by atoms with van der Waals surface area (Å²) in [6.45, 7) is 9.91. The first-order valence-corrected chi connectivity index (χ1v) is 7.56. The van der Waals surface area contributed by atoms with Crippen LogP contribution in [0.15, 0.2) is 42.1 Å². The Morgan fingerprint density at radius 1 is 1.43 bits per heavy atom. The van der Waals surface area contributed by atoms with E-state index in [1.807, 2.05) is 44.2 Å². The number of allylic oxidation sites excluding steroid dienone is 1. The number of nitrogens with one attached hydrogen (secondary N) is 1. The van der Waals surface area contributed by atoms with Crippen LogP contribution in [-0.4, -0.2) is 28.5 Å². The largest absolute Gasteiger partial charge is 0.461 e. The number of fused-ring (bicyclic) bond motifs is 1. The maximum atomic E-state index is 11.9. The molecule has 2 rings (SSSR count). The predicted molar refractivity (Wildman–Crippen MR) is 91.1 cm³/mol. The van der Waals surface area contributed by atoms with Crippen LogP contribution in [0, 0.1) is 0 Å². The highest BCUT2D eigenvalue weighted by Crippen LogP contribution is 2.33. The van der Waals surface area contributed by atoms with Gasteiger partial charge in [-0.05, 0) is 18.6 Å². The van der Waals surface area contributed by atoms with E-state index >= 15 is 0 Å². The van der Waals surface area contributed by atoms with Gasteiger partial charge < -0.3 is 14.9 Å². The number of ether oxygens (including phenoxy) is 1. The first kappa shape index (κ1) is 16.8. The van der Waals surface area contributed by atoms with Gasteiger partial charge in [-0.3, -0.25) is 0 Å². The number of carbonyl (C=O) groups excluding carboxylic acids is 1. The standard InChI is InChI=1S/C18H22N2O3/c1-5-18(3,4)16-13(11-15(20-22)17(21)23-6-2)12-9-7-8-10-14(12)19-16/h5,7-10,19,22H,1,6,11H2,2-4H3/b20-15+. The normalized spacial score (nSPS) is 12.4. The number of rotatable bonds is 6. The molecule has 0 spiro atoms. The molecular weight excluding hydrogens is 292 g/mol. The van der Waals surface area contributed by atoms with E-state index in [-0.39, 0.29) is 24.2 Å². The number of H-pyrrole nitrogens is 1. The maximum absolute atomic E-state index is 11.9. The van der Waals surface area contributed by atoms with Gasteiger partial charge in [0.2, 0.25) is 0 Å². The van der Waals surface area contributed by atoms with Gasteiger partial charge in [-0.25, -0.2) is 4.79 Å². The summed E-state index contributed by atoms with van der Waals surface area (Å²) < 4.78 is 4.95. The average Bonchev–Trinajstić information content (AvgIpc) is 2.92. The van der Waals surface area contributed by atoms with Crippen molar-refractivity contribution in [2.75, 3.05) is 6.61 Å². The van der Waals surface area contributed by atoms with Gasteiger partial charge in [-0.2, -0.15) is 0 Å². The van der Waals surface area contributed by atoms with Crippen LogP contribution in [0.4, 0.5) is 0 Å². The first-order valence-electron chi connectivity index (χ1n) is 7.56. The lowest BCUT2D eigenvalue weighted by Crippen LogP contribution is -2.23. The second kappa shape index (κ2) is 6.69. The molecule has 0 aliphatic rings. The topological polar surface area (TPSA) is 74.7 Å². The zero-order valence-electron chi connectivity index (χ0n) is 13.7.